The van der Waals surface area contributed by atoms with Gasteiger partial charge >= 0.3 is 11.6 Å². The van der Waals surface area contributed by atoms with Crippen molar-refractivity contribution in [3.63, 3.8) is 0 Å². The van der Waals surface area contributed by atoms with Crippen molar-refractivity contribution in [2.24, 2.45) is 0 Å². The van der Waals surface area contributed by atoms with E-state index in [0.717, 1.165) is 25.7 Å². The molecule has 0 aliphatic carbocycles. The summed E-state index contributed by atoms with van der Waals surface area (Å²) in [5, 5.41) is 0.906. The first-order valence-electron chi connectivity index (χ1n) is 8.31. The van der Waals surface area contributed by atoms with Gasteiger partial charge < -0.3 is 9.15 Å². The standard InChI is InChI=1S/C20H17N2O3P/c1-13-16-4-3-15(24-20-21-7-2-8-22-20)12-18(16)25-19(23)17(13)11-14-5-9-26-10-6-14/h2-9,12,26H,10-11H2,1H3. The fourth-order valence-corrected chi connectivity index (χ4v) is 3.76. The molecule has 0 N–H and O–H groups in total. The molecule has 0 fully saturated rings. The van der Waals surface area contributed by atoms with E-state index in [1.807, 2.05) is 19.1 Å². The summed E-state index contributed by atoms with van der Waals surface area (Å²) in [6.07, 6.45) is 9.15. The van der Waals surface area contributed by atoms with Crippen LogP contribution in [0.25, 0.3) is 11.0 Å². The van der Waals surface area contributed by atoms with E-state index < -0.39 is 0 Å². The lowest BCUT2D eigenvalue weighted by atomic mass is 9.99. The fraction of sp³-hybridized carbons (Fsp3) is 0.150. The molecule has 0 saturated heterocycles. The summed E-state index contributed by atoms with van der Waals surface area (Å²) in [5.41, 5.74) is 3.02. The van der Waals surface area contributed by atoms with Crippen molar-refractivity contribution in [1.82, 2.24) is 9.97 Å². The predicted octanol–water partition coefficient (Wildman–Crippen LogP) is 4.36. The quantitative estimate of drug-likeness (QED) is 0.508. The number of allylic oxidation sites excluding steroid dienone is 3. The van der Waals surface area contributed by atoms with Crippen LogP contribution in [0.2, 0.25) is 0 Å². The molecule has 0 amide bonds. The Bertz CT molecular complexity index is 1070. The molecule has 5 nitrogen and oxygen atoms in total. The third-order valence-corrected chi connectivity index (χ3v) is 5.13. The Hall–Kier alpha value is -2.78. The van der Waals surface area contributed by atoms with Crippen LogP contribution in [-0.2, 0) is 6.42 Å². The molecule has 3 heterocycles. The normalized spacial score (nSPS) is 14.6. The van der Waals surface area contributed by atoms with E-state index in [4.69, 9.17) is 9.15 Å². The summed E-state index contributed by atoms with van der Waals surface area (Å²) >= 11 is 0. The first-order chi connectivity index (χ1) is 12.7. The molecule has 1 atom stereocenters. The van der Waals surface area contributed by atoms with Crippen molar-refractivity contribution in [1.29, 1.82) is 0 Å². The van der Waals surface area contributed by atoms with Gasteiger partial charge in [0.2, 0.25) is 0 Å². The third-order valence-electron chi connectivity index (χ3n) is 4.29. The largest absolute Gasteiger partial charge is 0.424 e. The van der Waals surface area contributed by atoms with E-state index in [-0.39, 0.29) is 11.6 Å². The van der Waals surface area contributed by atoms with Crippen LogP contribution in [0.3, 0.4) is 0 Å². The maximum absolute atomic E-state index is 12.5. The van der Waals surface area contributed by atoms with E-state index >= 15 is 0 Å². The molecule has 0 saturated carbocycles. The average Bonchev–Trinajstić information content (AvgIpc) is 2.67. The average molecular weight is 364 g/mol. The lowest BCUT2D eigenvalue weighted by molar-refractivity contribution is 0.440. The van der Waals surface area contributed by atoms with Crippen LogP contribution < -0.4 is 10.4 Å². The predicted molar refractivity (Wildman–Crippen MR) is 103 cm³/mol. The van der Waals surface area contributed by atoms with Gasteiger partial charge in [-0.05, 0) is 42.4 Å². The Kier molecular flexibility index (Phi) is 4.63. The summed E-state index contributed by atoms with van der Waals surface area (Å²) in [4.78, 5) is 20.6. The van der Waals surface area contributed by atoms with Crippen molar-refractivity contribution < 1.29 is 9.15 Å². The molecule has 2 aromatic heterocycles. The molecule has 6 heteroatoms. The number of aromatic nitrogens is 2. The smallest absolute Gasteiger partial charge is 0.340 e. The molecule has 1 aliphatic rings. The molecule has 0 radical (unpaired) electrons. The van der Waals surface area contributed by atoms with Crippen molar-refractivity contribution in [3.8, 4) is 11.8 Å². The maximum Gasteiger partial charge on any atom is 0.340 e. The van der Waals surface area contributed by atoms with E-state index in [1.165, 1.54) is 5.57 Å². The van der Waals surface area contributed by atoms with E-state index in [9.17, 15) is 4.79 Å². The molecule has 1 aromatic carbocycles. The number of nitrogens with zero attached hydrogens (tertiary/aromatic N) is 2. The van der Waals surface area contributed by atoms with Gasteiger partial charge in [0.05, 0.1) is 0 Å². The van der Waals surface area contributed by atoms with Crippen molar-refractivity contribution in [2.75, 3.05) is 6.16 Å². The Morgan fingerprint density at radius 1 is 1.27 bits per heavy atom. The van der Waals surface area contributed by atoms with Gasteiger partial charge in [-0.1, -0.05) is 26.5 Å². The number of hydrogen-bond acceptors (Lipinski definition) is 5. The van der Waals surface area contributed by atoms with Gasteiger partial charge in [0.1, 0.15) is 11.3 Å². The summed E-state index contributed by atoms with van der Waals surface area (Å²) in [7, 11) is 0.831. The molecular formula is C20H17N2O3P. The third kappa shape index (κ3) is 3.44. The number of benzene rings is 1. The first kappa shape index (κ1) is 16.7. The second kappa shape index (κ2) is 7.22. The van der Waals surface area contributed by atoms with Crippen LogP contribution >= 0.6 is 8.58 Å². The number of rotatable bonds is 4. The second-order valence-electron chi connectivity index (χ2n) is 5.98. The van der Waals surface area contributed by atoms with Gasteiger partial charge in [-0.25, -0.2) is 14.8 Å². The highest BCUT2D eigenvalue weighted by molar-refractivity contribution is 7.41. The lowest BCUT2D eigenvalue weighted by Gasteiger charge is -2.11. The zero-order valence-corrected chi connectivity index (χ0v) is 15.2. The minimum Gasteiger partial charge on any atom is -0.424 e. The zero-order valence-electron chi connectivity index (χ0n) is 14.2. The number of ether oxygens (including phenoxy) is 1. The van der Waals surface area contributed by atoms with Crippen LogP contribution in [-0.4, -0.2) is 16.1 Å². The van der Waals surface area contributed by atoms with Gasteiger partial charge in [-0.3, -0.25) is 0 Å². The van der Waals surface area contributed by atoms with Crippen LogP contribution in [0.4, 0.5) is 0 Å². The molecule has 0 bridgehead atoms. The van der Waals surface area contributed by atoms with Gasteiger partial charge in [-0.15, -0.1) is 0 Å². The molecule has 1 unspecified atom stereocenters. The summed E-state index contributed by atoms with van der Waals surface area (Å²) in [6.45, 7) is 1.96. The van der Waals surface area contributed by atoms with Crippen LogP contribution in [0.1, 0.15) is 11.1 Å². The topological polar surface area (TPSA) is 65.2 Å². The Labute approximate surface area is 152 Å². The van der Waals surface area contributed by atoms with E-state index in [0.29, 0.717) is 23.3 Å². The van der Waals surface area contributed by atoms with Gasteiger partial charge in [0.15, 0.2) is 0 Å². The molecule has 0 spiro atoms. The highest BCUT2D eigenvalue weighted by Crippen LogP contribution is 2.28. The minimum absolute atomic E-state index is 0.249. The summed E-state index contributed by atoms with van der Waals surface area (Å²) < 4.78 is 11.2. The van der Waals surface area contributed by atoms with E-state index in [2.05, 4.69) is 27.9 Å². The number of hydrogen-bond donors (Lipinski definition) is 0. The SMILES string of the molecule is Cc1c(CC2=CCPC=C2)c(=O)oc2cc(Oc3ncccn3)ccc12. The van der Waals surface area contributed by atoms with E-state index in [1.54, 1.807) is 24.5 Å². The number of fused-ring (bicyclic) bond motifs is 1. The second-order valence-corrected chi connectivity index (χ2v) is 7.13. The molecule has 1 aliphatic heterocycles. The Balaban J connectivity index is 1.69. The van der Waals surface area contributed by atoms with Crippen LogP contribution in [0.5, 0.6) is 11.8 Å². The fourth-order valence-electron chi connectivity index (χ4n) is 2.91. The summed E-state index contributed by atoms with van der Waals surface area (Å²) in [5.74, 6) is 2.70. The van der Waals surface area contributed by atoms with Crippen molar-refractivity contribution in [3.05, 3.63) is 81.7 Å². The number of aryl methyl sites for hydroxylation is 1. The lowest BCUT2D eigenvalue weighted by Crippen LogP contribution is -2.11. The minimum atomic E-state index is -0.301. The molecule has 4 rings (SSSR count). The Morgan fingerprint density at radius 2 is 2.12 bits per heavy atom. The highest BCUT2D eigenvalue weighted by atomic mass is 31.1. The monoisotopic (exact) mass is 364 g/mol. The molecule has 130 valence electrons. The van der Waals surface area contributed by atoms with Crippen LogP contribution in [0.15, 0.2) is 69.4 Å². The molecular weight excluding hydrogens is 347 g/mol. The van der Waals surface area contributed by atoms with Gasteiger partial charge in [0.25, 0.3) is 0 Å². The Morgan fingerprint density at radius 3 is 2.88 bits per heavy atom. The molecule has 3 aromatic rings. The van der Waals surface area contributed by atoms with Gasteiger partial charge in [0, 0.05) is 35.8 Å². The van der Waals surface area contributed by atoms with Crippen molar-refractivity contribution in [2.45, 2.75) is 13.3 Å². The molecule has 26 heavy (non-hydrogen) atoms. The maximum atomic E-state index is 12.5. The summed E-state index contributed by atoms with van der Waals surface area (Å²) in [6, 6.07) is 7.40. The highest BCUT2D eigenvalue weighted by Gasteiger charge is 2.14. The van der Waals surface area contributed by atoms with Crippen LogP contribution in [0, 0.1) is 6.92 Å². The first-order valence-corrected chi connectivity index (χ1v) is 9.59. The zero-order chi connectivity index (χ0) is 17.9. The van der Waals surface area contributed by atoms with Gasteiger partial charge in [-0.2, -0.15) is 0 Å². The van der Waals surface area contributed by atoms with Crippen molar-refractivity contribution >= 4 is 19.5 Å².